The van der Waals surface area contributed by atoms with Crippen LogP contribution in [0.15, 0.2) is 63.7 Å². The molecule has 9 nitrogen and oxygen atoms in total. The zero-order chi connectivity index (χ0) is 24.3. The first-order valence-electron chi connectivity index (χ1n) is 10.5. The van der Waals surface area contributed by atoms with Crippen LogP contribution in [0.25, 0.3) is 10.9 Å². The number of nitrogens with zero attached hydrogens (tertiary/aromatic N) is 2. The molecule has 5 N–H and O–H groups in total. The lowest BCUT2D eigenvalue weighted by atomic mass is 10.2. The molecule has 178 valence electrons. The Morgan fingerprint density at radius 2 is 1.94 bits per heavy atom. The van der Waals surface area contributed by atoms with Crippen LogP contribution in [0.2, 0.25) is 0 Å². The van der Waals surface area contributed by atoms with Crippen molar-refractivity contribution >= 4 is 33.2 Å². The van der Waals surface area contributed by atoms with E-state index >= 15 is 0 Å². The summed E-state index contributed by atoms with van der Waals surface area (Å²) in [5.74, 6) is 1.15. The summed E-state index contributed by atoms with van der Waals surface area (Å²) in [6.45, 7) is 4.73. The van der Waals surface area contributed by atoms with Gasteiger partial charge in [-0.2, -0.15) is 13.5 Å². The van der Waals surface area contributed by atoms with E-state index in [9.17, 15) is 8.42 Å². The highest BCUT2D eigenvalue weighted by Gasteiger charge is 2.07. The summed E-state index contributed by atoms with van der Waals surface area (Å²) in [4.78, 5) is 7.34. The summed E-state index contributed by atoms with van der Waals surface area (Å²) >= 11 is 0. The van der Waals surface area contributed by atoms with Crippen molar-refractivity contribution < 1.29 is 17.7 Å². The van der Waals surface area contributed by atoms with Crippen LogP contribution in [0.4, 0.5) is 0 Å². The van der Waals surface area contributed by atoms with Crippen LogP contribution in [-0.4, -0.2) is 43.8 Å². The third-order valence-corrected chi connectivity index (χ3v) is 5.53. The van der Waals surface area contributed by atoms with Crippen LogP contribution in [0.3, 0.4) is 0 Å². The maximum atomic E-state index is 10.5. The number of fused-ring (bicyclic) bond motifs is 1. The third kappa shape index (κ3) is 8.59. The number of H-pyrrole nitrogens is 1. The van der Waals surface area contributed by atoms with Crippen molar-refractivity contribution in [3.63, 3.8) is 0 Å². The maximum absolute atomic E-state index is 10.5. The van der Waals surface area contributed by atoms with E-state index < -0.39 is 10.1 Å². The lowest BCUT2D eigenvalue weighted by Crippen LogP contribution is -2.27. The number of nitrogens with two attached hydrogens (primary N) is 1. The van der Waals surface area contributed by atoms with Crippen molar-refractivity contribution in [3.05, 3.63) is 59.8 Å². The second-order valence-corrected chi connectivity index (χ2v) is 8.71. The van der Waals surface area contributed by atoms with Gasteiger partial charge in [0, 0.05) is 29.2 Å². The quantitative estimate of drug-likeness (QED) is 0.129. The molecule has 0 aliphatic rings. The zero-order valence-electron chi connectivity index (χ0n) is 19.1. The number of hydrazone groups is 1. The highest BCUT2D eigenvalue weighted by molar-refractivity contribution is 7.85. The molecule has 0 fully saturated rings. The number of rotatable bonds is 8. The lowest BCUT2D eigenvalue weighted by molar-refractivity contribution is 0.415. The molecule has 3 aromatic rings. The van der Waals surface area contributed by atoms with Crippen LogP contribution in [0.5, 0.6) is 5.75 Å². The fourth-order valence-corrected chi connectivity index (χ4v) is 3.31. The number of nitrogens with one attached hydrogen (secondary N) is 2. The van der Waals surface area contributed by atoms with Crippen molar-refractivity contribution in [1.82, 2.24) is 10.4 Å². The van der Waals surface area contributed by atoms with E-state index in [-0.39, 0.29) is 4.90 Å². The van der Waals surface area contributed by atoms with Gasteiger partial charge in [0.15, 0.2) is 0 Å². The Balaban J connectivity index is 0.000000294. The minimum absolute atomic E-state index is 0.0666. The number of aromatic amines is 1. The second kappa shape index (κ2) is 12.6. The van der Waals surface area contributed by atoms with Gasteiger partial charge in [-0.1, -0.05) is 37.5 Å². The van der Waals surface area contributed by atoms with E-state index in [0.29, 0.717) is 5.96 Å². The first kappa shape index (κ1) is 25.9. The second-order valence-electron chi connectivity index (χ2n) is 7.29. The molecule has 0 radical (unpaired) electrons. The predicted octanol–water partition coefficient (Wildman–Crippen LogP) is 3.85. The molecular formula is C23H31N5O4S. The molecule has 0 atom stereocenters. The van der Waals surface area contributed by atoms with Crippen molar-refractivity contribution in [2.75, 3.05) is 13.7 Å². The molecule has 1 aromatic heterocycles. The lowest BCUT2D eigenvalue weighted by Gasteiger charge is -2.00. The van der Waals surface area contributed by atoms with Crippen LogP contribution < -0.4 is 15.9 Å². The number of aliphatic imine (C=N–C) groups is 1. The van der Waals surface area contributed by atoms with Gasteiger partial charge in [0.25, 0.3) is 10.1 Å². The molecule has 33 heavy (non-hydrogen) atoms. The molecule has 1 heterocycles. The normalized spacial score (nSPS) is 11.9. The number of guanidine groups is 1. The van der Waals surface area contributed by atoms with Gasteiger partial charge in [-0.05, 0) is 43.7 Å². The van der Waals surface area contributed by atoms with Gasteiger partial charge in [-0.15, -0.1) is 0 Å². The van der Waals surface area contributed by atoms with E-state index in [2.05, 4.69) is 27.4 Å². The number of hydrogen-bond donors (Lipinski definition) is 4. The van der Waals surface area contributed by atoms with Crippen LogP contribution in [-0.2, 0) is 10.1 Å². The van der Waals surface area contributed by atoms with Gasteiger partial charge in [0.2, 0.25) is 5.96 Å². The summed E-state index contributed by atoms with van der Waals surface area (Å²) in [6.07, 6.45) is 6.99. The fourth-order valence-electron chi connectivity index (χ4n) is 2.83. The van der Waals surface area contributed by atoms with Crippen molar-refractivity contribution in [2.24, 2.45) is 15.8 Å². The monoisotopic (exact) mass is 473 g/mol. The van der Waals surface area contributed by atoms with Gasteiger partial charge in [0.05, 0.1) is 18.2 Å². The molecule has 10 heteroatoms. The van der Waals surface area contributed by atoms with Gasteiger partial charge in [0.1, 0.15) is 5.75 Å². The summed E-state index contributed by atoms with van der Waals surface area (Å²) in [5.41, 5.74) is 11.4. The molecule has 0 amide bonds. The van der Waals surface area contributed by atoms with E-state index in [1.807, 2.05) is 31.3 Å². The Labute approximate surface area is 194 Å². The highest BCUT2D eigenvalue weighted by atomic mass is 32.2. The first-order chi connectivity index (χ1) is 15.7. The van der Waals surface area contributed by atoms with Crippen LogP contribution >= 0.6 is 0 Å². The molecule has 0 aliphatic heterocycles. The molecule has 0 aliphatic carbocycles. The van der Waals surface area contributed by atoms with Gasteiger partial charge in [-0.25, -0.2) is 5.43 Å². The average Bonchev–Trinajstić information content (AvgIpc) is 3.19. The molecule has 0 spiro atoms. The molecule has 0 unspecified atom stereocenters. The number of aryl methyl sites for hydroxylation is 1. The first-order valence-corrected chi connectivity index (χ1v) is 12.0. The Kier molecular flexibility index (Phi) is 9.89. The largest absolute Gasteiger partial charge is 0.497 e. The van der Waals surface area contributed by atoms with E-state index in [4.69, 9.17) is 15.0 Å². The summed E-state index contributed by atoms with van der Waals surface area (Å²) in [5, 5.41) is 5.17. The number of methoxy groups -OCH3 is 1. The Hall–Kier alpha value is -3.37. The number of hydrogen-bond acceptors (Lipinski definition) is 5. The smallest absolute Gasteiger partial charge is 0.294 e. The standard InChI is InChI=1S/C16H23N5O.C7H8O3S/c1-3-4-5-8-18-16(17)21-20-11-12-10-19-15-7-6-13(22-2)9-14(12)15;1-6-2-4-7(5-3-6)11(8,9)10/h6-7,9-11,19H,3-5,8H2,1-2H3,(H3,17,18,21);2-5H,1H3,(H,8,9,10)/b20-11-;. The zero-order valence-corrected chi connectivity index (χ0v) is 19.9. The van der Waals surface area contributed by atoms with Crippen molar-refractivity contribution in [2.45, 2.75) is 38.0 Å². The average molecular weight is 474 g/mol. The Bertz CT molecular complexity index is 1190. The molecule has 0 saturated heterocycles. The summed E-state index contributed by atoms with van der Waals surface area (Å²) in [6, 6.07) is 11.8. The topological polar surface area (TPSA) is 142 Å². The molecule has 0 saturated carbocycles. The highest BCUT2D eigenvalue weighted by Crippen LogP contribution is 2.22. The van der Waals surface area contributed by atoms with Crippen LogP contribution in [0.1, 0.15) is 37.3 Å². The minimum Gasteiger partial charge on any atom is -0.497 e. The van der Waals surface area contributed by atoms with E-state index in [1.165, 1.54) is 18.6 Å². The molecule has 2 aromatic carbocycles. The van der Waals surface area contributed by atoms with E-state index in [1.54, 1.807) is 25.5 Å². The number of benzene rings is 2. The Morgan fingerprint density at radius 1 is 1.21 bits per heavy atom. The van der Waals surface area contributed by atoms with Crippen molar-refractivity contribution in [3.8, 4) is 5.75 Å². The minimum atomic E-state index is -4.02. The van der Waals surface area contributed by atoms with E-state index in [0.717, 1.165) is 47.2 Å². The fraction of sp³-hybridized carbons (Fsp3) is 0.304. The van der Waals surface area contributed by atoms with Gasteiger partial charge in [-0.3, -0.25) is 9.55 Å². The van der Waals surface area contributed by atoms with Crippen molar-refractivity contribution in [1.29, 1.82) is 0 Å². The summed E-state index contributed by atoms with van der Waals surface area (Å²) < 4.78 is 34.8. The number of aromatic nitrogens is 1. The SMILES string of the molecule is CCCCCN=C(N)N/N=C\c1c[nH]c2ccc(OC)cc12.Cc1ccc(S(=O)(=O)O)cc1. The number of unbranched alkanes of at least 4 members (excludes halogenated alkanes) is 2. The van der Waals surface area contributed by atoms with Gasteiger partial charge < -0.3 is 15.5 Å². The predicted molar refractivity (Wildman–Crippen MR) is 133 cm³/mol. The molecule has 0 bridgehead atoms. The Morgan fingerprint density at radius 3 is 2.58 bits per heavy atom. The molecular weight excluding hydrogens is 442 g/mol. The van der Waals surface area contributed by atoms with Gasteiger partial charge >= 0.3 is 0 Å². The summed E-state index contributed by atoms with van der Waals surface area (Å²) in [7, 11) is -2.37. The van der Waals surface area contributed by atoms with Crippen LogP contribution in [0, 0.1) is 6.92 Å². The molecule has 3 rings (SSSR count). The maximum Gasteiger partial charge on any atom is 0.294 e. The number of ether oxygens (including phenoxy) is 1. The third-order valence-electron chi connectivity index (χ3n) is 4.67.